The van der Waals surface area contributed by atoms with Crippen molar-refractivity contribution < 1.29 is 0 Å². The summed E-state index contributed by atoms with van der Waals surface area (Å²) in [4.78, 5) is 0. The second-order valence-corrected chi connectivity index (χ2v) is 12.5. The van der Waals surface area contributed by atoms with Crippen LogP contribution in [0.25, 0.3) is 0 Å². The molecule has 0 fully saturated rings. The first-order chi connectivity index (χ1) is 6.24. The molecule has 0 amide bonds. The summed E-state index contributed by atoms with van der Waals surface area (Å²) in [6, 6.07) is 0. The Labute approximate surface area is 86.6 Å². The SMILES string of the molecule is C/C=[CH]/[Sn](/[CH]=C/C)(/[CH]=C/C)/[CH]=C/C. The zero-order chi connectivity index (χ0) is 10.2. The Balaban J connectivity index is 5.02. The molecule has 1 heteroatoms. The fourth-order valence-corrected chi connectivity index (χ4v) is 9.98. The summed E-state index contributed by atoms with van der Waals surface area (Å²) in [7, 11) is 0. The summed E-state index contributed by atoms with van der Waals surface area (Å²) in [5, 5.41) is 0. The second-order valence-electron chi connectivity index (χ2n) is 3.00. The number of hydrogen-bond donors (Lipinski definition) is 0. The van der Waals surface area contributed by atoms with E-state index >= 15 is 0 Å². The van der Waals surface area contributed by atoms with E-state index in [0.29, 0.717) is 0 Å². The number of rotatable bonds is 4. The van der Waals surface area contributed by atoms with E-state index < -0.39 is 18.4 Å². The Hall–Kier alpha value is -0.241. The topological polar surface area (TPSA) is 0 Å². The van der Waals surface area contributed by atoms with Gasteiger partial charge in [0.15, 0.2) is 0 Å². The van der Waals surface area contributed by atoms with Gasteiger partial charge in [0, 0.05) is 0 Å². The van der Waals surface area contributed by atoms with Gasteiger partial charge in [-0.25, -0.2) is 0 Å². The molecule has 0 aromatic carbocycles. The van der Waals surface area contributed by atoms with Crippen LogP contribution < -0.4 is 0 Å². The molecular weight excluding hydrogens is 263 g/mol. The van der Waals surface area contributed by atoms with Crippen LogP contribution in [0.5, 0.6) is 0 Å². The normalized spacial score (nSPS) is 14.5. The van der Waals surface area contributed by atoms with Crippen molar-refractivity contribution in [3.8, 4) is 0 Å². The van der Waals surface area contributed by atoms with E-state index in [9.17, 15) is 0 Å². The molecule has 0 rings (SSSR count). The standard InChI is InChI=1S/4C3H5.Sn/c4*1-3-2;/h4*1,3H,2H3;. The van der Waals surface area contributed by atoms with Gasteiger partial charge in [0.2, 0.25) is 0 Å². The van der Waals surface area contributed by atoms with E-state index in [1.54, 1.807) is 0 Å². The van der Waals surface area contributed by atoms with Gasteiger partial charge in [0.1, 0.15) is 0 Å². The zero-order valence-corrected chi connectivity index (χ0v) is 12.0. The molecule has 0 aromatic heterocycles. The quantitative estimate of drug-likeness (QED) is 0.686. The molecule has 0 atom stereocenters. The molecule has 0 radical (unpaired) electrons. The summed E-state index contributed by atoms with van der Waals surface area (Å²) in [5.74, 6) is 0. The van der Waals surface area contributed by atoms with Crippen LogP contribution in [0.1, 0.15) is 27.7 Å². The average Bonchev–Trinajstić information content (AvgIpc) is 2.06. The molecular formula is C12H20Sn. The molecule has 0 N–H and O–H groups in total. The van der Waals surface area contributed by atoms with Crippen LogP contribution in [0.2, 0.25) is 0 Å². The van der Waals surface area contributed by atoms with E-state index in [1.807, 2.05) is 0 Å². The summed E-state index contributed by atoms with van der Waals surface area (Å²) in [6.07, 6.45) is 8.71. The second kappa shape index (κ2) is 7.19. The maximum absolute atomic E-state index is 2.40. The van der Waals surface area contributed by atoms with Crippen molar-refractivity contribution in [1.29, 1.82) is 0 Å². The predicted molar refractivity (Wildman–Crippen MR) is 65.0 cm³/mol. The van der Waals surface area contributed by atoms with Gasteiger partial charge < -0.3 is 0 Å². The van der Waals surface area contributed by atoms with Gasteiger partial charge >= 0.3 is 86.7 Å². The molecule has 13 heavy (non-hydrogen) atoms. The molecule has 0 spiro atoms. The average molecular weight is 283 g/mol. The first-order valence-electron chi connectivity index (χ1n) is 4.80. The summed E-state index contributed by atoms with van der Waals surface area (Å²) in [6.45, 7) is 8.40. The van der Waals surface area contributed by atoms with Crippen LogP contribution in [-0.4, -0.2) is 18.4 Å². The third-order valence-electron chi connectivity index (χ3n) is 1.82. The van der Waals surface area contributed by atoms with E-state index in [4.69, 9.17) is 0 Å². The van der Waals surface area contributed by atoms with E-state index in [0.717, 1.165) is 0 Å². The third kappa shape index (κ3) is 4.51. The van der Waals surface area contributed by atoms with Gasteiger partial charge in [-0.1, -0.05) is 0 Å². The van der Waals surface area contributed by atoms with Crippen LogP contribution in [0.3, 0.4) is 0 Å². The van der Waals surface area contributed by atoms with Gasteiger partial charge in [0.25, 0.3) is 0 Å². The Bertz CT molecular complexity index is 178. The van der Waals surface area contributed by atoms with Crippen LogP contribution in [-0.2, 0) is 0 Å². The van der Waals surface area contributed by atoms with Crippen molar-refractivity contribution >= 4 is 18.4 Å². The fourth-order valence-electron chi connectivity index (χ4n) is 1.49. The minimum atomic E-state index is -2.28. The molecule has 0 nitrogen and oxygen atoms in total. The van der Waals surface area contributed by atoms with Gasteiger partial charge in [0.05, 0.1) is 0 Å². The van der Waals surface area contributed by atoms with Crippen LogP contribution in [0.4, 0.5) is 0 Å². The summed E-state index contributed by atoms with van der Waals surface area (Å²) >= 11 is -2.28. The van der Waals surface area contributed by atoms with Crippen molar-refractivity contribution in [2.45, 2.75) is 27.7 Å². The van der Waals surface area contributed by atoms with Crippen molar-refractivity contribution in [2.75, 3.05) is 0 Å². The number of allylic oxidation sites excluding steroid dienone is 4. The molecule has 0 aromatic rings. The van der Waals surface area contributed by atoms with E-state index in [1.165, 1.54) is 0 Å². The molecule has 0 aliphatic carbocycles. The van der Waals surface area contributed by atoms with Crippen LogP contribution in [0.15, 0.2) is 40.7 Å². The third-order valence-corrected chi connectivity index (χ3v) is 12.2. The zero-order valence-electron chi connectivity index (χ0n) is 9.12. The van der Waals surface area contributed by atoms with Crippen molar-refractivity contribution in [3.63, 3.8) is 0 Å². The molecule has 0 bridgehead atoms. The molecule has 0 saturated carbocycles. The van der Waals surface area contributed by atoms with Crippen molar-refractivity contribution in [3.05, 3.63) is 40.7 Å². The van der Waals surface area contributed by atoms with Gasteiger partial charge in [-0.2, -0.15) is 0 Å². The Morgan fingerprint density at radius 2 is 0.769 bits per heavy atom. The Morgan fingerprint density at radius 1 is 0.538 bits per heavy atom. The molecule has 0 aliphatic rings. The molecule has 0 heterocycles. The molecule has 0 aliphatic heterocycles. The summed E-state index contributed by atoms with van der Waals surface area (Å²) in [5.41, 5.74) is 0. The van der Waals surface area contributed by atoms with Gasteiger partial charge in [-0.15, -0.1) is 0 Å². The van der Waals surface area contributed by atoms with E-state index in [2.05, 4.69) is 68.4 Å². The molecule has 72 valence electrons. The molecule has 0 unspecified atom stereocenters. The Morgan fingerprint density at radius 3 is 0.923 bits per heavy atom. The van der Waals surface area contributed by atoms with Gasteiger partial charge in [-0.3, -0.25) is 0 Å². The van der Waals surface area contributed by atoms with Crippen LogP contribution in [0, 0.1) is 0 Å². The predicted octanol–water partition coefficient (Wildman–Crippen LogP) is 3.90. The van der Waals surface area contributed by atoms with Gasteiger partial charge in [-0.05, 0) is 0 Å². The van der Waals surface area contributed by atoms with Crippen molar-refractivity contribution in [1.82, 2.24) is 0 Å². The Kier molecular flexibility index (Phi) is 7.06. The minimum absolute atomic E-state index is 2.10. The number of hydrogen-bond acceptors (Lipinski definition) is 0. The summed E-state index contributed by atoms with van der Waals surface area (Å²) < 4.78 is 9.59. The monoisotopic (exact) mass is 284 g/mol. The first-order valence-corrected chi connectivity index (χ1v) is 11.4. The fraction of sp³-hybridized carbons (Fsp3) is 0.333. The van der Waals surface area contributed by atoms with E-state index in [-0.39, 0.29) is 0 Å². The maximum atomic E-state index is 2.40. The van der Waals surface area contributed by atoms with Crippen LogP contribution >= 0.6 is 0 Å². The molecule has 0 saturated heterocycles. The first kappa shape index (κ1) is 12.8. The van der Waals surface area contributed by atoms with Crippen molar-refractivity contribution in [2.24, 2.45) is 0 Å².